The smallest absolute Gasteiger partial charge is 0.277 e. The lowest BCUT2D eigenvalue weighted by atomic mass is 10.1. The van der Waals surface area contributed by atoms with E-state index in [4.69, 9.17) is 4.74 Å². The molecule has 7 nitrogen and oxygen atoms in total. The van der Waals surface area contributed by atoms with Crippen molar-refractivity contribution in [1.29, 1.82) is 0 Å². The van der Waals surface area contributed by atoms with Gasteiger partial charge in [0, 0.05) is 47.8 Å². The molecule has 0 spiro atoms. The van der Waals surface area contributed by atoms with Crippen LogP contribution in [-0.4, -0.2) is 33.5 Å². The third-order valence-electron chi connectivity index (χ3n) is 6.06. The number of ether oxygens (including phenoxy) is 1. The minimum Gasteiger partial charge on any atom is -0.496 e. The zero-order valence-electron chi connectivity index (χ0n) is 19.8. The van der Waals surface area contributed by atoms with Crippen LogP contribution in [0.25, 0.3) is 16.9 Å². The highest BCUT2D eigenvalue weighted by molar-refractivity contribution is 7.98. The Morgan fingerprint density at radius 3 is 2.59 bits per heavy atom. The molecule has 0 saturated heterocycles. The average Bonchev–Trinajstić information content (AvgIpc) is 3.32. The number of amides is 1. The number of aromatic nitrogens is 3. The number of nitrogens with zero attached hydrogens (tertiary/aromatic N) is 3. The Bertz CT molecular complexity index is 1390. The number of carbonyl (C=O) groups is 1. The second-order valence-corrected chi connectivity index (χ2v) is 8.93. The summed E-state index contributed by atoms with van der Waals surface area (Å²) >= 11 is 1.68. The lowest BCUT2D eigenvalue weighted by molar-refractivity contribution is -0.121. The van der Waals surface area contributed by atoms with Crippen LogP contribution in [-0.2, 0) is 24.8 Å². The number of rotatable bonds is 8. The highest BCUT2D eigenvalue weighted by Gasteiger charge is 2.18. The van der Waals surface area contributed by atoms with E-state index in [0.29, 0.717) is 35.6 Å². The van der Waals surface area contributed by atoms with Gasteiger partial charge in [-0.15, -0.1) is 11.8 Å². The molecule has 0 fully saturated rings. The predicted octanol–water partition coefficient (Wildman–Crippen LogP) is 3.99. The zero-order chi connectivity index (χ0) is 24.2. The van der Waals surface area contributed by atoms with Gasteiger partial charge in [-0.25, -0.2) is 0 Å². The molecule has 2 aromatic carbocycles. The van der Waals surface area contributed by atoms with Gasteiger partial charge in [0.2, 0.25) is 5.91 Å². The number of fused-ring (bicyclic) bond motifs is 1. The van der Waals surface area contributed by atoms with Crippen LogP contribution in [0, 0.1) is 6.92 Å². The number of carbonyl (C=O) groups excluding carboxylic acids is 1. The number of methoxy groups -OCH3 is 1. The second kappa shape index (κ2) is 10.2. The van der Waals surface area contributed by atoms with Crippen LogP contribution in [0.3, 0.4) is 0 Å². The van der Waals surface area contributed by atoms with Crippen LogP contribution in [0.2, 0.25) is 0 Å². The number of benzene rings is 2. The first-order valence-corrected chi connectivity index (χ1v) is 12.3. The van der Waals surface area contributed by atoms with E-state index in [0.717, 1.165) is 16.8 Å². The number of aryl methyl sites for hydroxylation is 1. The molecule has 0 saturated carbocycles. The molecule has 34 heavy (non-hydrogen) atoms. The summed E-state index contributed by atoms with van der Waals surface area (Å²) in [5.74, 6) is 0.600. The lowest BCUT2D eigenvalue weighted by Gasteiger charge is -2.12. The second-order valence-electron chi connectivity index (χ2n) is 8.05. The summed E-state index contributed by atoms with van der Waals surface area (Å²) in [4.78, 5) is 26.9. The molecule has 0 aliphatic carbocycles. The molecule has 0 radical (unpaired) electrons. The summed E-state index contributed by atoms with van der Waals surface area (Å²) in [7, 11) is 3.51. The minimum absolute atomic E-state index is 0.0920. The van der Waals surface area contributed by atoms with Gasteiger partial charge < -0.3 is 14.6 Å². The number of thioether (sulfide) groups is 1. The molecular weight excluding hydrogens is 448 g/mol. The highest BCUT2D eigenvalue weighted by Crippen LogP contribution is 2.29. The zero-order valence-corrected chi connectivity index (χ0v) is 20.6. The fraction of sp³-hybridized carbons (Fsp3) is 0.269. The van der Waals surface area contributed by atoms with Crippen molar-refractivity contribution in [2.75, 3.05) is 13.4 Å². The summed E-state index contributed by atoms with van der Waals surface area (Å²) in [6.07, 6.45) is 2.60. The molecule has 2 aromatic heterocycles. The van der Waals surface area contributed by atoms with Gasteiger partial charge >= 0.3 is 0 Å². The Kier molecular flexibility index (Phi) is 7.07. The molecular formula is C26H28N4O3S. The first-order chi connectivity index (χ1) is 16.4. The summed E-state index contributed by atoms with van der Waals surface area (Å²) in [6.45, 7) is 2.36. The molecule has 1 N–H and O–H groups in total. The van der Waals surface area contributed by atoms with E-state index in [9.17, 15) is 9.59 Å². The Balaban J connectivity index is 1.53. The molecule has 0 bridgehead atoms. The van der Waals surface area contributed by atoms with E-state index >= 15 is 0 Å². The molecule has 4 rings (SSSR count). The fourth-order valence-corrected chi connectivity index (χ4v) is 4.37. The van der Waals surface area contributed by atoms with Gasteiger partial charge in [0.25, 0.3) is 5.56 Å². The quantitative estimate of drug-likeness (QED) is 0.389. The van der Waals surface area contributed by atoms with Gasteiger partial charge in [-0.1, -0.05) is 24.3 Å². The van der Waals surface area contributed by atoms with E-state index < -0.39 is 0 Å². The minimum atomic E-state index is -0.202. The molecule has 0 aliphatic heterocycles. The van der Waals surface area contributed by atoms with Crippen molar-refractivity contribution in [2.45, 2.75) is 31.2 Å². The Labute approximate surface area is 202 Å². The van der Waals surface area contributed by atoms with Crippen molar-refractivity contribution in [1.82, 2.24) is 19.5 Å². The van der Waals surface area contributed by atoms with Crippen molar-refractivity contribution in [3.63, 3.8) is 0 Å². The van der Waals surface area contributed by atoms with Crippen LogP contribution in [0.15, 0.2) is 64.3 Å². The molecule has 0 aliphatic rings. The van der Waals surface area contributed by atoms with Crippen molar-refractivity contribution < 1.29 is 9.53 Å². The standard InChI is InChI=1S/C26H28N4O3S/c1-17-20(13-14-24(31)27-16-18-9-11-19(34-4)12-10-18)26(32)30-25(29(17)2)15-22(28-30)21-7-5-6-8-23(21)33-3/h5-12,15H,13-14,16H2,1-4H3,(H,27,31). The van der Waals surface area contributed by atoms with Crippen LogP contribution >= 0.6 is 11.8 Å². The molecule has 4 aromatic rings. The largest absolute Gasteiger partial charge is 0.496 e. The van der Waals surface area contributed by atoms with Crippen molar-refractivity contribution in [3.8, 4) is 17.0 Å². The van der Waals surface area contributed by atoms with E-state index in [-0.39, 0.29) is 17.9 Å². The van der Waals surface area contributed by atoms with Gasteiger partial charge in [-0.3, -0.25) is 9.59 Å². The van der Waals surface area contributed by atoms with Gasteiger partial charge in [0.1, 0.15) is 11.4 Å². The maximum absolute atomic E-state index is 13.3. The first kappa shape index (κ1) is 23.6. The summed E-state index contributed by atoms with van der Waals surface area (Å²) in [5, 5.41) is 7.52. The Hall–Kier alpha value is -3.52. The molecule has 8 heteroatoms. The molecule has 176 valence electrons. The van der Waals surface area contributed by atoms with Crippen molar-refractivity contribution in [2.24, 2.45) is 7.05 Å². The first-order valence-electron chi connectivity index (χ1n) is 11.0. The number of hydrogen-bond donors (Lipinski definition) is 1. The Morgan fingerprint density at radius 1 is 1.15 bits per heavy atom. The predicted molar refractivity (Wildman–Crippen MR) is 136 cm³/mol. The van der Waals surface area contributed by atoms with Crippen LogP contribution in [0.5, 0.6) is 5.75 Å². The van der Waals surface area contributed by atoms with Gasteiger partial charge in [0.15, 0.2) is 0 Å². The van der Waals surface area contributed by atoms with E-state index in [1.807, 2.05) is 79.4 Å². The molecule has 1 amide bonds. The van der Waals surface area contributed by atoms with Gasteiger partial charge in [0.05, 0.1) is 12.8 Å². The third-order valence-corrected chi connectivity index (χ3v) is 6.80. The van der Waals surface area contributed by atoms with Gasteiger partial charge in [-0.2, -0.15) is 9.61 Å². The lowest BCUT2D eigenvalue weighted by Crippen LogP contribution is -2.27. The topological polar surface area (TPSA) is 77.6 Å². The maximum Gasteiger partial charge on any atom is 0.277 e. The van der Waals surface area contributed by atoms with E-state index in [2.05, 4.69) is 10.4 Å². The van der Waals surface area contributed by atoms with Crippen LogP contribution in [0.1, 0.15) is 23.2 Å². The molecule has 0 unspecified atom stereocenters. The van der Waals surface area contributed by atoms with Crippen LogP contribution < -0.4 is 15.6 Å². The number of hydrogen-bond acceptors (Lipinski definition) is 5. The number of nitrogens with one attached hydrogen (secondary N) is 1. The SMILES string of the molecule is COc1ccccc1-c1cc2n(C)c(C)c(CCC(=O)NCc3ccc(SC)cc3)c(=O)n2n1. The summed E-state index contributed by atoms with van der Waals surface area (Å²) in [5.41, 5.74) is 4.41. The van der Waals surface area contributed by atoms with Crippen LogP contribution in [0.4, 0.5) is 0 Å². The van der Waals surface area contributed by atoms with E-state index in [1.54, 1.807) is 18.9 Å². The average molecular weight is 477 g/mol. The monoisotopic (exact) mass is 476 g/mol. The maximum atomic E-state index is 13.3. The normalized spacial score (nSPS) is 11.1. The van der Waals surface area contributed by atoms with Crippen molar-refractivity contribution >= 4 is 23.3 Å². The van der Waals surface area contributed by atoms with Crippen molar-refractivity contribution in [3.05, 3.63) is 81.8 Å². The van der Waals surface area contributed by atoms with E-state index in [1.165, 1.54) is 9.41 Å². The number of para-hydroxylation sites is 1. The third kappa shape index (κ3) is 4.72. The fourth-order valence-electron chi connectivity index (χ4n) is 3.96. The molecule has 2 heterocycles. The Morgan fingerprint density at radius 2 is 1.88 bits per heavy atom. The highest BCUT2D eigenvalue weighted by atomic mass is 32.2. The summed E-state index contributed by atoms with van der Waals surface area (Å²) < 4.78 is 8.81. The van der Waals surface area contributed by atoms with Gasteiger partial charge in [-0.05, 0) is 49.4 Å². The molecule has 0 atom stereocenters. The summed E-state index contributed by atoms with van der Waals surface area (Å²) in [6, 6.07) is 17.6.